The van der Waals surface area contributed by atoms with Gasteiger partial charge in [0.1, 0.15) is 16.6 Å². The van der Waals surface area contributed by atoms with Gasteiger partial charge in [0.05, 0.1) is 4.90 Å². The fourth-order valence-electron chi connectivity index (χ4n) is 4.34. The Hall–Kier alpha value is -2.28. The highest BCUT2D eigenvalue weighted by atomic mass is 32.2. The Kier molecular flexibility index (Phi) is 6.14. The van der Waals surface area contributed by atoms with E-state index < -0.39 is 26.1 Å². The molecule has 32 heavy (non-hydrogen) atoms. The highest BCUT2D eigenvalue weighted by molar-refractivity contribution is 7.89. The highest BCUT2D eigenvalue weighted by Crippen LogP contribution is 2.31. The van der Waals surface area contributed by atoms with E-state index in [1.54, 1.807) is 42.2 Å². The van der Waals surface area contributed by atoms with Crippen molar-refractivity contribution in [2.45, 2.75) is 42.5 Å². The fourth-order valence-corrected chi connectivity index (χ4v) is 7.72. The van der Waals surface area contributed by atoms with E-state index in [1.807, 2.05) is 0 Å². The maximum absolute atomic E-state index is 13.2. The van der Waals surface area contributed by atoms with Crippen LogP contribution in [0.3, 0.4) is 0 Å². The molecule has 2 aliphatic heterocycles. The van der Waals surface area contributed by atoms with Crippen molar-refractivity contribution in [3.63, 3.8) is 0 Å². The third-order valence-electron chi connectivity index (χ3n) is 5.95. The zero-order valence-corrected chi connectivity index (χ0v) is 19.6. The van der Waals surface area contributed by atoms with Gasteiger partial charge in [-0.25, -0.2) is 16.8 Å². The number of piperazine rings is 1. The number of nitrogens with zero attached hydrogens (tertiary/aromatic N) is 4. The lowest BCUT2D eigenvalue weighted by Crippen LogP contribution is -2.55. The van der Waals surface area contributed by atoms with Crippen molar-refractivity contribution in [3.8, 4) is 0 Å². The molecule has 2 aromatic rings. The predicted molar refractivity (Wildman–Crippen MR) is 115 cm³/mol. The van der Waals surface area contributed by atoms with Crippen LogP contribution in [-0.2, 0) is 24.8 Å². The van der Waals surface area contributed by atoms with Crippen LogP contribution in [0, 0.1) is 13.8 Å². The SMILES string of the molecule is Cc1noc(C)c1S(=O)(=O)N1CCCC1C(=O)N1CCN(S(=O)(=O)c2ccccc2)CC1. The molecule has 10 nitrogen and oxygen atoms in total. The van der Waals surface area contributed by atoms with Crippen LogP contribution in [0.1, 0.15) is 24.3 Å². The van der Waals surface area contributed by atoms with E-state index in [0.717, 1.165) is 0 Å². The van der Waals surface area contributed by atoms with Crippen molar-refractivity contribution in [2.75, 3.05) is 32.7 Å². The summed E-state index contributed by atoms with van der Waals surface area (Å²) in [4.78, 5) is 15.0. The van der Waals surface area contributed by atoms with Gasteiger partial charge in [0.15, 0.2) is 5.76 Å². The number of hydrogen-bond donors (Lipinski definition) is 0. The molecule has 2 aliphatic rings. The number of carbonyl (C=O) groups is 1. The average molecular weight is 483 g/mol. The Morgan fingerprint density at radius 3 is 2.22 bits per heavy atom. The van der Waals surface area contributed by atoms with Crippen LogP contribution in [0.15, 0.2) is 44.6 Å². The molecule has 12 heteroatoms. The Morgan fingerprint density at radius 1 is 0.969 bits per heavy atom. The van der Waals surface area contributed by atoms with Crippen LogP contribution in [-0.4, -0.2) is 80.2 Å². The summed E-state index contributed by atoms with van der Waals surface area (Å²) in [5, 5.41) is 3.73. The molecule has 0 saturated carbocycles. The summed E-state index contributed by atoms with van der Waals surface area (Å²) in [7, 11) is -7.57. The quantitative estimate of drug-likeness (QED) is 0.623. The van der Waals surface area contributed by atoms with Gasteiger partial charge in [-0.05, 0) is 38.8 Å². The molecule has 0 spiro atoms. The van der Waals surface area contributed by atoms with E-state index in [1.165, 1.54) is 15.5 Å². The molecule has 0 aliphatic carbocycles. The lowest BCUT2D eigenvalue weighted by molar-refractivity contribution is -0.135. The second-order valence-electron chi connectivity index (χ2n) is 7.97. The van der Waals surface area contributed by atoms with Crippen molar-refractivity contribution < 1.29 is 26.2 Å². The topological polar surface area (TPSA) is 121 Å². The van der Waals surface area contributed by atoms with Gasteiger partial charge in [-0.3, -0.25) is 4.79 Å². The number of rotatable bonds is 5. The number of hydrogen-bond acceptors (Lipinski definition) is 7. The second kappa shape index (κ2) is 8.58. The largest absolute Gasteiger partial charge is 0.360 e. The van der Waals surface area contributed by atoms with E-state index >= 15 is 0 Å². The first-order chi connectivity index (χ1) is 15.1. The first kappa shape index (κ1) is 22.9. The normalized spacial score (nSPS) is 21.2. The minimum absolute atomic E-state index is 0.0102. The van der Waals surface area contributed by atoms with Crippen LogP contribution in [0.4, 0.5) is 0 Å². The minimum atomic E-state index is -3.94. The van der Waals surface area contributed by atoms with Gasteiger partial charge in [-0.1, -0.05) is 23.4 Å². The number of amides is 1. The zero-order chi connectivity index (χ0) is 23.1. The molecule has 1 atom stereocenters. The summed E-state index contributed by atoms with van der Waals surface area (Å²) in [6, 6.07) is 7.36. The molecular weight excluding hydrogens is 456 g/mol. The molecule has 1 aromatic carbocycles. The van der Waals surface area contributed by atoms with Gasteiger partial charge in [-0.2, -0.15) is 8.61 Å². The third-order valence-corrected chi connectivity index (χ3v) is 10.0. The summed E-state index contributed by atoms with van der Waals surface area (Å²) >= 11 is 0. The molecule has 3 heterocycles. The minimum Gasteiger partial charge on any atom is -0.360 e. The Morgan fingerprint density at radius 2 is 1.62 bits per heavy atom. The van der Waals surface area contributed by atoms with Crippen molar-refractivity contribution >= 4 is 26.0 Å². The van der Waals surface area contributed by atoms with Crippen molar-refractivity contribution in [3.05, 3.63) is 41.8 Å². The van der Waals surface area contributed by atoms with Gasteiger partial charge in [-0.15, -0.1) is 0 Å². The molecular formula is C20H26N4O6S2. The van der Waals surface area contributed by atoms with Crippen LogP contribution < -0.4 is 0 Å². The van der Waals surface area contributed by atoms with Crippen molar-refractivity contribution in [1.29, 1.82) is 0 Å². The Labute approximate surface area is 187 Å². The molecule has 0 N–H and O–H groups in total. The van der Waals surface area contributed by atoms with Crippen LogP contribution in [0.25, 0.3) is 0 Å². The molecule has 1 unspecified atom stereocenters. The standard InChI is InChI=1S/C20H26N4O6S2/c1-15-19(16(2)30-21-15)32(28,29)24-10-6-9-18(24)20(25)22-11-13-23(14-12-22)31(26,27)17-7-4-3-5-8-17/h3-5,7-8,18H,6,9-14H2,1-2H3. The number of carbonyl (C=O) groups excluding carboxylic acids is 1. The van der Waals surface area contributed by atoms with Gasteiger partial charge in [0.2, 0.25) is 26.0 Å². The van der Waals surface area contributed by atoms with E-state index in [9.17, 15) is 21.6 Å². The molecule has 4 rings (SSSR count). The first-order valence-corrected chi connectivity index (χ1v) is 13.3. The predicted octanol–water partition coefficient (Wildman–Crippen LogP) is 0.978. The van der Waals surface area contributed by atoms with Crippen LogP contribution in [0.2, 0.25) is 0 Å². The summed E-state index contributed by atoms with van der Waals surface area (Å²) in [6.45, 7) is 4.07. The maximum Gasteiger partial charge on any atom is 0.249 e. The summed E-state index contributed by atoms with van der Waals surface area (Å²) in [5.41, 5.74) is 0.264. The molecule has 174 valence electrons. The Balaban J connectivity index is 1.47. The molecule has 2 fully saturated rings. The molecule has 0 radical (unpaired) electrons. The van der Waals surface area contributed by atoms with Gasteiger partial charge in [0.25, 0.3) is 0 Å². The first-order valence-electron chi connectivity index (χ1n) is 10.4. The molecule has 1 amide bonds. The molecule has 0 bridgehead atoms. The molecule has 1 aromatic heterocycles. The number of aromatic nitrogens is 1. The highest BCUT2D eigenvalue weighted by Gasteiger charge is 2.44. The lowest BCUT2D eigenvalue weighted by Gasteiger charge is -2.36. The zero-order valence-electron chi connectivity index (χ0n) is 18.0. The van der Waals surface area contributed by atoms with E-state index in [2.05, 4.69) is 5.16 Å². The third kappa shape index (κ3) is 3.96. The summed E-state index contributed by atoms with van der Waals surface area (Å²) < 4.78 is 59.7. The summed E-state index contributed by atoms with van der Waals surface area (Å²) in [6.07, 6.45) is 0.991. The lowest BCUT2D eigenvalue weighted by atomic mass is 10.2. The van der Waals surface area contributed by atoms with Crippen LogP contribution in [0.5, 0.6) is 0 Å². The van der Waals surface area contributed by atoms with Crippen molar-refractivity contribution in [2.24, 2.45) is 0 Å². The average Bonchev–Trinajstić information content (AvgIpc) is 3.41. The van der Waals surface area contributed by atoms with E-state index in [0.29, 0.717) is 12.8 Å². The maximum atomic E-state index is 13.2. The van der Waals surface area contributed by atoms with Gasteiger partial charge in [0, 0.05) is 32.7 Å². The van der Waals surface area contributed by atoms with E-state index in [-0.39, 0.29) is 59.9 Å². The Bertz CT molecular complexity index is 1180. The second-order valence-corrected chi connectivity index (χ2v) is 11.7. The van der Waals surface area contributed by atoms with E-state index in [4.69, 9.17) is 4.52 Å². The van der Waals surface area contributed by atoms with Gasteiger partial charge < -0.3 is 9.42 Å². The smallest absolute Gasteiger partial charge is 0.249 e. The van der Waals surface area contributed by atoms with Gasteiger partial charge >= 0.3 is 0 Å². The monoisotopic (exact) mass is 482 g/mol. The number of aryl methyl sites for hydroxylation is 2. The van der Waals surface area contributed by atoms with Crippen LogP contribution >= 0.6 is 0 Å². The number of sulfonamides is 2. The fraction of sp³-hybridized carbons (Fsp3) is 0.500. The molecule has 2 saturated heterocycles. The summed E-state index contributed by atoms with van der Waals surface area (Å²) in [5.74, 6) is -0.102. The van der Waals surface area contributed by atoms with Crippen molar-refractivity contribution in [1.82, 2.24) is 18.7 Å². The number of benzene rings is 1.